The highest BCUT2D eigenvalue weighted by Crippen LogP contribution is 2.33. The quantitative estimate of drug-likeness (QED) is 0.346. The molecule has 1 saturated carbocycles. The summed E-state index contributed by atoms with van der Waals surface area (Å²) >= 11 is 0. The average Bonchev–Trinajstić information content (AvgIpc) is 2.60. The van der Waals surface area contributed by atoms with Gasteiger partial charge in [0.05, 0.1) is 0 Å². The second kappa shape index (κ2) is 11.5. The van der Waals surface area contributed by atoms with Crippen LogP contribution >= 0.6 is 0 Å². The molecular weight excluding hydrogens is 342 g/mol. The van der Waals surface area contributed by atoms with Crippen molar-refractivity contribution in [3.63, 3.8) is 0 Å². The van der Waals surface area contributed by atoms with Crippen LogP contribution in [0.4, 0.5) is 8.78 Å². The van der Waals surface area contributed by atoms with Crippen molar-refractivity contribution < 1.29 is 8.78 Å². The fourth-order valence-electron chi connectivity index (χ4n) is 4.84. The molecule has 2 rings (SSSR count). The van der Waals surface area contributed by atoms with Gasteiger partial charge in [-0.1, -0.05) is 12.5 Å². The first-order valence-corrected chi connectivity index (χ1v) is 11.3. The first-order valence-electron chi connectivity index (χ1n) is 11.3. The van der Waals surface area contributed by atoms with Crippen LogP contribution in [0.2, 0.25) is 0 Å². The standard InChI is InChI=1S/C23H42F2N2/c1-19(2)7-5-15-27-16-6-9-21(18-27)17-20(3)8-4-14-26-22-10-12-23(24,25)13-11-22/h20-22,26H,1,4-18H2,2-3H3. The molecule has 4 heteroatoms. The normalized spacial score (nSPS) is 25.4. The Morgan fingerprint density at radius 1 is 1.22 bits per heavy atom. The molecule has 1 N–H and O–H groups in total. The van der Waals surface area contributed by atoms with E-state index in [1.165, 1.54) is 63.7 Å². The number of nitrogens with zero attached hydrogens (tertiary/aromatic N) is 1. The fourth-order valence-corrected chi connectivity index (χ4v) is 4.84. The predicted molar refractivity (Wildman–Crippen MR) is 111 cm³/mol. The molecule has 2 atom stereocenters. The molecule has 0 amide bonds. The van der Waals surface area contributed by atoms with Crippen LogP contribution in [0.3, 0.4) is 0 Å². The van der Waals surface area contributed by atoms with E-state index in [0.717, 1.165) is 24.8 Å². The zero-order valence-electron chi connectivity index (χ0n) is 17.7. The van der Waals surface area contributed by atoms with Gasteiger partial charge in [0.25, 0.3) is 0 Å². The van der Waals surface area contributed by atoms with Gasteiger partial charge in [0.15, 0.2) is 0 Å². The summed E-state index contributed by atoms with van der Waals surface area (Å²) in [6, 6.07) is 0.311. The number of hydrogen-bond acceptors (Lipinski definition) is 2. The van der Waals surface area contributed by atoms with Gasteiger partial charge in [0, 0.05) is 25.4 Å². The molecule has 1 heterocycles. The summed E-state index contributed by atoms with van der Waals surface area (Å²) in [5.41, 5.74) is 1.30. The SMILES string of the molecule is C=C(C)CCCN1CCCC(CC(C)CCCNC2CCC(F)(F)CC2)C1. The number of allylic oxidation sites excluding steroid dienone is 1. The number of hydrogen-bond donors (Lipinski definition) is 1. The Kier molecular flexibility index (Phi) is 9.72. The van der Waals surface area contributed by atoms with Crippen LogP contribution in [0.25, 0.3) is 0 Å². The van der Waals surface area contributed by atoms with Gasteiger partial charge in [-0.2, -0.15) is 0 Å². The molecule has 0 aromatic carbocycles. The van der Waals surface area contributed by atoms with Crippen molar-refractivity contribution in [3.8, 4) is 0 Å². The van der Waals surface area contributed by atoms with Gasteiger partial charge >= 0.3 is 0 Å². The van der Waals surface area contributed by atoms with E-state index in [1.54, 1.807) is 0 Å². The van der Waals surface area contributed by atoms with Crippen molar-refractivity contribution in [3.05, 3.63) is 12.2 Å². The van der Waals surface area contributed by atoms with Crippen molar-refractivity contribution in [2.75, 3.05) is 26.2 Å². The van der Waals surface area contributed by atoms with Crippen LogP contribution in [0.15, 0.2) is 12.2 Å². The highest BCUT2D eigenvalue weighted by Gasteiger charge is 2.34. The average molecular weight is 385 g/mol. The lowest BCUT2D eigenvalue weighted by Gasteiger charge is -2.34. The Morgan fingerprint density at radius 2 is 1.96 bits per heavy atom. The maximum absolute atomic E-state index is 13.2. The molecule has 1 aliphatic heterocycles. The van der Waals surface area contributed by atoms with E-state index in [4.69, 9.17) is 0 Å². The van der Waals surface area contributed by atoms with Crippen LogP contribution in [0.1, 0.15) is 84.5 Å². The van der Waals surface area contributed by atoms with E-state index in [0.29, 0.717) is 18.9 Å². The molecule has 27 heavy (non-hydrogen) atoms. The van der Waals surface area contributed by atoms with Gasteiger partial charge in [-0.15, -0.1) is 6.58 Å². The lowest BCUT2D eigenvalue weighted by Crippen LogP contribution is -2.37. The topological polar surface area (TPSA) is 15.3 Å². The van der Waals surface area contributed by atoms with Crippen molar-refractivity contribution in [1.82, 2.24) is 10.2 Å². The molecular formula is C23H42F2N2. The lowest BCUT2D eigenvalue weighted by atomic mass is 9.87. The van der Waals surface area contributed by atoms with E-state index >= 15 is 0 Å². The molecule has 1 saturated heterocycles. The fraction of sp³-hybridized carbons (Fsp3) is 0.913. The van der Waals surface area contributed by atoms with Crippen LogP contribution < -0.4 is 5.32 Å². The molecule has 0 aromatic heterocycles. The third-order valence-electron chi connectivity index (χ3n) is 6.44. The molecule has 2 fully saturated rings. The third kappa shape index (κ3) is 9.51. The summed E-state index contributed by atoms with van der Waals surface area (Å²) < 4.78 is 26.4. The van der Waals surface area contributed by atoms with Crippen LogP contribution in [0.5, 0.6) is 0 Å². The number of nitrogens with one attached hydrogen (secondary N) is 1. The zero-order chi connectivity index (χ0) is 19.7. The Balaban J connectivity index is 1.53. The zero-order valence-corrected chi connectivity index (χ0v) is 17.7. The maximum Gasteiger partial charge on any atom is 0.248 e. The van der Waals surface area contributed by atoms with Crippen molar-refractivity contribution >= 4 is 0 Å². The third-order valence-corrected chi connectivity index (χ3v) is 6.44. The lowest BCUT2D eigenvalue weighted by molar-refractivity contribution is -0.0403. The molecule has 2 unspecified atom stereocenters. The van der Waals surface area contributed by atoms with Gasteiger partial charge < -0.3 is 10.2 Å². The van der Waals surface area contributed by atoms with E-state index < -0.39 is 5.92 Å². The number of alkyl halides is 2. The largest absolute Gasteiger partial charge is 0.314 e. The van der Waals surface area contributed by atoms with Crippen molar-refractivity contribution in [1.29, 1.82) is 0 Å². The minimum atomic E-state index is -2.41. The minimum absolute atomic E-state index is 0.0611. The molecule has 0 radical (unpaired) electrons. The molecule has 2 nitrogen and oxygen atoms in total. The van der Waals surface area contributed by atoms with Gasteiger partial charge in [-0.3, -0.25) is 0 Å². The monoisotopic (exact) mass is 384 g/mol. The Bertz CT molecular complexity index is 428. The first-order chi connectivity index (χ1) is 12.8. The van der Waals surface area contributed by atoms with Gasteiger partial charge in [-0.25, -0.2) is 8.78 Å². The van der Waals surface area contributed by atoms with E-state index in [2.05, 4.69) is 30.6 Å². The molecule has 0 bridgehead atoms. The van der Waals surface area contributed by atoms with Crippen LogP contribution in [-0.4, -0.2) is 43.0 Å². The van der Waals surface area contributed by atoms with Gasteiger partial charge in [0.2, 0.25) is 5.92 Å². The predicted octanol–water partition coefficient (Wildman–Crippen LogP) is 6.03. The molecule has 158 valence electrons. The summed E-state index contributed by atoms with van der Waals surface area (Å²) in [5, 5.41) is 3.51. The van der Waals surface area contributed by atoms with Gasteiger partial charge in [-0.05, 0) is 96.2 Å². The number of halogens is 2. The minimum Gasteiger partial charge on any atom is -0.314 e. The van der Waals surface area contributed by atoms with Crippen molar-refractivity contribution in [2.45, 2.75) is 96.4 Å². The maximum atomic E-state index is 13.2. The van der Waals surface area contributed by atoms with Crippen LogP contribution in [-0.2, 0) is 0 Å². The molecule has 0 spiro atoms. The smallest absolute Gasteiger partial charge is 0.248 e. The highest BCUT2D eigenvalue weighted by molar-refractivity contribution is 4.88. The summed E-state index contributed by atoms with van der Waals surface area (Å²) in [7, 11) is 0. The number of piperidine rings is 1. The summed E-state index contributed by atoms with van der Waals surface area (Å²) in [6.07, 6.45) is 10.3. The second-order valence-corrected chi connectivity index (χ2v) is 9.44. The van der Waals surface area contributed by atoms with Crippen molar-refractivity contribution in [2.24, 2.45) is 11.8 Å². The Hall–Kier alpha value is -0.480. The van der Waals surface area contributed by atoms with E-state index in [-0.39, 0.29) is 12.8 Å². The second-order valence-electron chi connectivity index (χ2n) is 9.44. The van der Waals surface area contributed by atoms with Crippen LogP contribution in [0, 0.1) is 11.8 Å². The summed E-state index contributed by atoms with van der Waals surface area (Å²) in [4.78, 5) is 2.66. The Morgan fingerprint density at radius 3 is 2.67 bits per heavy atom. The highest BCUT2D eigenvalue weighted by atomic mass is 19.3. The summed E-state index contributed by atoms with van der Waals surface area (Å²) in [5.74, 6) is -0.791. The number of likely N-dealkylation sites (tertiary alicyclic amines) is 1. The Labute approximate surface area is 166 Å². The molecule has 1 aliphatic carbocycles. The molecule has 2 aliphatic rings. The summed E-state index contributed by atoms with van der Waals surface area (Å²) in [6.45, 7) is 13.3. The van der Waals surface area contributed by atoms with E-state index in [9.17, 15) is 8.78 Å². The van der Waals surface area contributed by atoms with E-state index in [1.807, 2.05) is 0 Å². The molecule has 0 aromatic rings. The van der Waals surface area contributed by atoms with Gasteiger partial charge in [0.1, 0.15) is 0 Å². The number of rotatable bonds is 11. The first kappa shape index (κ1) is 22.8.